The van der Waals surface area contributed by atoms with Crippen molar-refractivity contribution in [3.8, 4) is 0 Å². The van der Waals surface area contributed by atoms with Crippen molar-refractivity contribution in [2.45, 2.75) is 32.6 Å². The molecule has 2 aromatic heterocycles. The first-order chi connectivity index (χ1) is 9.78. The number of fused-ring (bicyclic) bond motifs is 1. The van der Waals surface area contributed by atoms with Crippen LogP contribution in [0.4, 0.5) is 5.69 Å². The predicted molar refractivity (Wildman–Crippen MR) is 87.1 cm³/mol. The van der Waals surface area contributed by atoms with Gasteiger partial charge in [-0.1, -0.05) is 19.8 Å². The van der Waals surface area contributed by atoms with Crippen molar-refractivity contribution < 1.29 is 0 Å². The molecule has 1 aliphatic heterocycles. The lowest BCUT2D eigenvalue weighted by Crippen LogP contribution is -2.33. The number of halogens is 1. The van der Waals surface area contributed by atoms with E-state index in [-0.39, 0.29) is 0 Å². The fourth-order valence-corrected chi connectivity index (χ4v) is 3.44. The molecule has 4 heteroatoms. The van der Waals surface area contributed by atoms with Crippen molar-refractivity contribution in [1.29, 1.82) is 0 Å². The first kappa shape index (κ1) is 13.8. The van der Waals surface area contributed by atoms with Gasteiger partial charge in [-0.05, 0) is 46.8 Å². The van der Waals surface area contributed by atoms with Gasteiger partial charge >= 0.3 is 0 Å². The predicted octanol–water partition coefficient (Wildman–Crippen LogP) is 4.41. The Bertz CT molecular complexity index is 591. The van der Waals surface area contributed by atoms with Crippen LogP contribution < -0.4 is 4.90 Å². The molecule has 3 heterocycles. The van der Waals surface area contributed by atoms with Crippen LogP contribution in [0, 0.1) is 5.92 Å². The quantitative estimate of drug-likeness (QED) is 0.833. The maximum Gasteiger partial charge on any atom is 0.112 e. The van der Waals surface area contributed by atoms with Crippen LogP contribution in [0.3, 0.4) is 0 Å². The standard InChI is InChI=1S/C16H20BrN3/c1-2-3-12-5-8-20(9-6-12)15-4-7-18-14-10-13(17)11-19-16(14)15/h4,7,10-12H,2-3,5-6,8-9H2,1H3. The molecule has 0 bridgehead atoms. The highest BCUT2D eigenvalue weighted by Gasteiger charge is 2.20. The number of nitrogens with zero attached hydrogens (tertiary/aromatic N) is 3. The van der Waals surface area contributed by atoms with Gasteiger partial charge in [-0.2, -0.15) is 0 Å². The van der Waals surface area contributed by atoms with Gasteiger partial charge in [-0.15, -0.1) is 0 Å². The normalized spacial score (nSPS) is 16.8. The Morgan fingerprint density at radius 1 is 1.30 bits per heavy atom. The van der Waals surface area contributed by atoms with Crippen molar-refractivity contribution in [2.75, 3.05) is 18.0 Å². The lowest BCUT2D eigenvalue weighted by Gasteiger charge is -2.33. The van der Waals surface area contributed by atoms with E-state index in [0.29, 0.717) is 0 Å². The van der Waals surface area contributed by atoms with Gasteiger partial charge in [0.1, 0.15) is 5.52 Å². The van der Waals surface area contributed by atoms with E-state index < -0.39 is 0 Å². The molecule has 0 saturated carbocycles. The van der Waals surface area contributed by atoms with Crippen molar-refractivity contribution in [3.63, 3.8) is 0 Å². The molecule has 3 nitrogen and oxygen atoms in total. The number of anilines is 1. The molecular formula is C16H20BrN3. The minimum atomic E-state index is 0.909. The summed E-state index contributed by atoms with van der Waals surface area (Å²) in [5.41, 5.74) is 3.22. The monoisotopic (exact) mass is 333 g/mol. The zero-order valence-electron chi connectivity index (χ0n) is 11.8. The summed E-state index contributed by atoms with van der Waals surface area (Å²) in [4.78, 5) is 11.5. The van der Waals surface area contributed by atoms with Gasteiger partial charge in [0.05, 0.1) is 11.2 Å². The molecule has 0 radical (unpaired) electrons. The van der Waals surface area contributed by atoms with E-state index in [0.717, 1.165) is 34.5 Å². The molecule has 1 aliphatic rings. The van der Waals surface area contributed by atoms with Crippen LogP contribution in [0.1, 0.15) is 32.6 Å². The molecule has 20 heavy (non-hydrogen) atoms. The molecule has 0 N–H and O–H groups in total. The Labute approximate surface area is 128 Å². The molecule has 0 spiro atoms. The number of piperidine rings is 1. The summed E-state index contributed by atoms with van der Waals surface area (Å²) in [6.07, 6.45) is 9.03. The van der Waals surface area contributed by atoms with Crippen LogP contribution in [-0.2, 0) is 0 Å². The second-order valence-electron chi connectivity index (χ2n) is 5.57. The third kappa shape index (κ3) is 2.80. The lowest BCUT2D eigenvalue weighted by molar-refractivity contribution is 0.379. The van der Waals surface area contributed by atoms with E-state index in [9.17, 15) is 0 Å². The largest absolute Gasteiger partial charge is 0.370 e. The highest BCUT2D eigenvalue weighted by molar-refractivity contribution is 9.10. The summed E-state index contributed by atoms with van der Waals surface area (Å²) >= 11 is 3.46. The van der Waals surface area contributed by atoms with E-state index in [1.165, 1.54) is 31.4 Å². The van der Waals surface area contributed by atoms with Crippen molar-refractivity contribution in [3.05, 3.63) is 29.0 Å². The smallest absolute Gasteiger partial charge is 0.112 e. The second-order valence-corrected chi connectivity index (χ2v) is 6.49. The van der Waals surface area contributed by atoms with Crippen LogP contribution in [0.15, 0.2) is 29.0 Å². The highest BCUT2D eigenvalue weighted by Crippen LogP contribution is 2.30. The summed E-state index contributed by atoms with van der Waals surface area (Å²) in [5, 5.41) is 0. The third-order valence-electron chi connectivity index (χ3n) is 4.17. The molecule has 106 valence electrons. The Hall–Kier alpha value is -1.16. The number of rotatable bonds is 3. The van der Waals surface area contributed by atoms with Crippen LogP contribution in [0.2, 0.25) is 0 Å². The molecule has 0 amide bonds. The first-order valence-corrected chi connectivity index (χ1v) is 8.22. The average molecular weight is 334 g/mol. The molecule has 1 fully saturated rings. The van der Waals surface area contributed by atoms with Crippen LogP contribution in [0.5, 0.6) is 0 Å². The molecular weight excluding hydrogens is 314 g/mol. The number of aromatic nitrogens is 2. The van der Waals surface area contributed by atoms with E-state index >= 15 is 0 Å². The molecule has 0 aromatic carbocycles. The first-order valence-electron chi connectivity index (χ1n) is 7.43. The van der Waals surface area contributed by atoms with Gasteiger partial charge in [0.25, 0.3) is 0 Å². The second kappa shape index (κ2) is 6.08. The third-order valence-corrected chi connectivity index (χ3v) is 4.61. The van der Waals surface area contributed by atoms with Gasteiger partial charge in [0.15, 0.2) is 0 Å². The topological polar surface area (TPSA) is 29.0 Å². The van der Waals surface area contributed by atoms with Crippen LogP contribution in [0.25, 0.3) is 11.0 Å². The highest BCUT2D eigenvalue weighted by atomic mass is 79.9. The minimum absolute atomic E-state index is 0.909. The average Bonchev–Trinajstić information content (AvgIpc) is 2.47. The SMILES string of the molecule is CCCC1CCN(c2ccnc3cc(Br)cnc23)CC1. The molecule has 0 atom stereocenters. The minimum Gasteiger partial charge on any atom is -0.370 e. The zero-order chi connectivity index (χ0) is 13.9. The number of hydrogen-bond acceptors (Lipinski definition) is 3. The van der Waals surface area contributed by atoms with Crippen molar-refractivity contribution in [1.82, 2.24) is 9.97 Å². The van der Waals surface area contributed by atoms with Crippen molar-refractivity contribution in [2.24, 2.45) is 5.92 Å². The fraction of sp³-hybridized carbons (Fsp3) is 0.500. The molecule has 3 rings (SSSR count). The Balaban J connectivity index is 1.84. The van der Waals surface area contributed by atoms with Gasteiger partial charge < -0.3 is 4.90 Å². The van der Waals surface area contributed by atoms with E-state index in [4.69, 9.17) is 0 Å². The van der Waals surface area contributed by atoms with Crippen molar-refractivity contribution >= 4 is 32.7 Å². The molecule has 2 aromatic rings. The Morgan fingerprint density at radius 3 is 2.85 bits per heavy atom. The summed E-state index contributed by atoms with van der Waals surface area (Å²) < 4.78 is 0.983. The molecule has 0 unspecified atom stereocenters. The lowest BCUT2D eigenvalue weighted by atomic mass is 9.92. The summed E-state index contributed by atoms with van der Waals surface area (Å²) in [5.74, 6) is 0.909. The summed E-state index contributed by atoms with van der Waals surface area (Å²) in [6, 6.07) is 4.14. The zero-order valence-corrected chi connectivity index (χ0v) is 13.4. The van der Waals surface area contributed by atoms with Crippen LogP contribution >= 0.6 is 15.9 Å². The summed E-state index contributed by atoms with van der Waals surface area (Å²) in [6.45, 7) is 4.56. The van der Waals surface area contributed by atoms with E-state index in [1.54, 1.807) is 0 Å². The van der Waals surface area contributed by atoms with Gasteiger partial charge in [0.2, 0.25) is 0 Å². The van der Waals surface area contributed by atoms with Gasteiger partial charge in [-0.3, -0.25) is 9.97 Å². The Kier molecular flexibility index (Phi) is 4.20. The summed E-state index contributed by atoms with van der Waals surface area (Å²) in [7, 11) is 0. The number of hydrogen-bond donors (Lipinski definition) is 0. The van der Waals surface area contributed by atoms with Gasteiger partial charge in [-0.25, -0.2) is 0 Å². The van der Waals surface area contributed by atoms with E-state index in [1.807, 2.05) is 18.5 Å². The van der Waals surface area contributed by atoms with Gasteiger partial charge in [0, 0.05) is 30.0 Å². The molecule has 0 aliphatic carbocycles. The molecule has 1 saturated heterocycles. The fourth-order valence-electron chi connectivity index (χ4n) is 3.12. The number of pyridine rings is 2. The van der Waals surface area contributed by atoms with Crippen LogP contribution in [-0.4, -0.2) is 23.1 Å². The van der Waals surface area contributed by atoms with E-state index in [2.05, 4.69) is 43.8 Å². The Morgan fingerprint density at radius 2 is 2.10 bits per heavy atom. The maximum atomic E-state index is 4.56. The maximum absolute atomic E-state index is 4.56.